The molecule has 0 saturated carbocycles. The fraction of sp³-hybridized carbons (Fsp3) is 0.143. The number of hydrogen-bond acceptors (Lipinski definition) is 5. The molecule has 1 aromatic heterocycles. The van der Waals surface area contributed by atoms with E-state index in [0.29, 0.717) is 18.8 Å². The molecule has 1 heterocycles. The molecule has 0 spiro atoms. The molecular weight excluding hydrogens is 256 g/mol. The molecule has 1 aromatic carbocycles. The summed E-state index contributed by atoms with van der Waals surface area (Å²) < 4.78 is 0. The lowest BCUT2D eigenvalue weighted by Gasteiger charge is -2.22. The van der Waals surface area contributed by atoms with Crippen molar-refractivity contribution in [2.24, 2.45) is 0 Å². The summed E-state index contributed by atoms with van der Waals surface area (Å²) in [5.41, 5.74) is 0.839. The highest BCUT2D eigenvalue weighted by molar-refractivity contribution is 5.60. The van der Waals surface area contributed by atoms with Crippen molar-refractivity contribution in [2.45, 2.75) is 6.42 Å². The van der Waals surface area contributed by atoms with Crippen LogP contribution in [-0.4, -0.2) is 16.5 Å². The van der Waals surface area contributed by atoms with Gasteiger partial charge in [0.2, 0.25) is 0 Å². The molecule has 0 unspecified atom stereocenters. The third-order valence-corrected chi connectivity index (χ3v) is 2.73. The second-order valence-corrected chi connectivity index (χ2v) is 4.03. The number of para-hydroxylation sites is 1. The first-order valence-corrected chi connectivity index (χ1v) is 6.02. The Kier molecular flexibility index (Phi) is 4.24. The maximum Gasteiger partial charge on any atom is 0.287 e. The van der Waals surface area contributed by atoms with Crippen LogP contribution in [0.1, 0.15) is 6.42 Å². The molecule has 6 nitrogen and oxygen atoms in total. The van der Waals surface area contributed by atoms with E-state index in [1.165, 1.54) is 12.3 Å². The first kappa shape index (κ1) is 13.5. The monoisotopic (exact) mass is 268 g/mol. The van der Waals surface area contributed by atoms with E-state index in [-0.39, 0.29) is 5.69 Å². The van der Waals surface area contributed by atoms with Gasteiger partial charge in [0.05, 0.1) is 17.4 Å². The van der Waals surface area contributed by atoms with E-state index in [1.54, 1.807) is 6.07 Å². The van der Waals surface area contributed by atoms with Crippen LogP contribution >= 0.6 is 0 Å². The highest BCUT2D eigenvalue weighted by atomic mass is 16.6. The Morgan fingerprint density at radius 3 is 2.55 bits per heavy atom. The summed E-state index contributed by atoms with van der Waals surface area (Å²) in [6.07, 6.45) is 1.56. The zero-order valence-corrected chi connectivity index (χ0v) is 10.6. The molecule has 0 aliphatic rings. The molecule has 0 N–H and O–H groups in total. The Labute approximate surface area is 116 Å². The van der Waals surface area contributed by atoms with E-state index in [9.17, 15) is 10.1 Å². The Hall–Kier alpha value is -2.94. The molecule has 0 saturated heterocycles. The molecule has 2 aromatic rings. The molecule has 0 fully saturated rings. The van der Waals surface area contributed by atoms with Gasteiger partial charge in [-0.05, 0) is 18.2 Å². The predicted molar refractivity (Wildman–Crippen MR) is 74.6 cm³/mol. The first-order valence-electron chi connectivity index (χ1n) is 6.02. The number of rotatable bonds is 5. The van der Waals surface area contributed by atoms with Crippen molar-refractivity contribution in [3.05, 3.63) is 58.8 Å². The van der Waals surface area contributed by atoms with Gasteiger partial charge in [-0.2, -0.15) is 5.26 Å². The molecule has 0 aliphatic carbocycles. The minimum atomic E-state index is -0.487. The Balaban J connectivity index is 2.31. The van der Waals surface area contributed by atoms with E-state index in [2.05, 4.69) is 11.1 Å². The normalized spacial score (nSPS) is 9.75. The number of nitro groups is 1. The average Bonchev–Trinajstić information content (AvgIpc) is 2.49. The molecule has 0 atom stereocenters. The molecule has 2 rings (SSSR count). The predicted octanol–water partition coefficient (Wildman–Crippen LogP) is 3.04. The minimum Gasteiger partial charge on any atom is -0.325 e. The van der Waals surface area contributed by atoms with Gasteiger partial charge < -0.3 is 4.90 Å². The number of hydrogen-bond donors (Lipinski definition) is 0. The second-order valence-electron chi connectivity index (χ2n) is 4.03. The summed E-state index contributed by atoms with van der Waals surface area (Å²) in [5, 5.41) is 19.4. The third-order valence-electron chi connectivity index (χ3n) is 2.73. The van der Waals surface area contributed by atoms with Crippen LogP contribution in [0.15, 0.2) is 48.7 Å². The van der Waals surface area contributed by atoms with Crippen LogP contribution in [0.3, 0.4) is 0 Å². The van der Waals surface area contributed by atoms with Gasteiger partial charge in [0, 0.05) is 18.3 Å². The molecule has 100 valence electrons. The van der Waals surface area contributed by atoms with Crippen LogP contribution in [0.4, 0.5) is 17.2 Å². The van der Waals surface area contributed by atoms with Crippen molar-refractivity contribution in [2.75, 3.05) is 11.4 Å². The van der Waals surface area contributed by atoms with Crippen LogP contribution in [-0.2, 0) is 0 Å². The van der Waals surface area contributed by atoms with Crippen LogP contribution in [0.2, 0.25) is 0 Å². The van der Waals surface area contributed by atoms with Crippen molar-refractivity contribution >= 4 is 17.2 Å². The molecule has 6 heteroatoms. The first-order chi connectivity index (χ1) is 9.72. The molecule has 0 amide bonds. The Morgan fingerprint density at radius 2 is 2.00 bits per heavy atom. The van der Waals surface area contributed by atoms with Crippen LogP contribution < -0.4 is 4.90 Å². The number of nitriles is 1. The van der Waals surface area contributed by atoms with Gasteiger partial charge in [-0.25, -0.2) is 4.98 Å². The summed E-state index contributed by atoms with van der Waals surface area (Å²) in [4.78, 5) is 16.1. The van der Waals surface area contributed by atoms with Gasteiger partial charge in [0.1, 0.15) is 12.0 Å². The SMILES string of the molecule is N#CCCN(c1ccccc1)c1ccc([N+](=O)[O-])cn1. The van der Waals surface area contributed by atoms with Crippen molar-refractivity contribution in [3.8, 4) is 6.07 Å². The summed E-state index contributed by atoms with van der Waals surface area (Å²) >= 11 is 0. The highest BCUT2D eigenvalue weighted by Crippen LogP contribution is 2.24. The molecule has 0 bridgehead atoms. The van der Waals surface area contributed by atoms with Gasteiger partial charge in [0.25, 0.3) is 5.69 Å². The van der Waals surface area contributed by atoms with Crippen molar-refractivity contribution < 1.29 is 4.92 Å². The van der Waals surface area contributed by atoms with Crippen molar-refractivity contribution in [1.82, 2.24) is 4.98 Å². The standard InChI is InChI=1S/C14H12N4O2/c15-9-4-10-17(12-5-2-1-3-6-12)14-8-7-13(11-16-14)18(19)20/h1-3,5-8,11H,4,10H2. The fourth-order valence-corrected chi connectivity index (χ4v) is 1.79. The zero-order valence-electron chi connectivity index (χ0n) is 10.6. The van der Waals surface area contributed by atoms with Crippen LogP contribution in [0.25, 0.3) is 0 Å². The number of aromatic nitrogens is 1. The quantitative estimate of drug-likeness (QED) is 0.614. The largest absolute Gasteiger partial charge is 0.325 e. The highest BCUT2D eigenvalue weighted by Gasteiger charge is 2.12. The summed E-state index contributed by atoms with van der Waals surface area (Å²) in [6, 6.07) is 14.6. The lowest BCUT2D eigenvalue weighted by Crippen LogP contribution is -2.19. The fourth-order valence-electron chi connectivity index (χ4n) is 1.79. The summed E-state index contributed by atoms with van der Waals surface area (Å²) in [5.74, 6) is 0.581. The Bertz CT molecular complexity index is 620. The van der Waals surface area contributed by atoms with Crippen LogP contribution in [0.5, 0.6) is 0 Å². The number of anilines is 2. The maximum atomic E-state index is 10.6. The Morgan fingerprint density at radius 1 is 1.25 bits per heavy atom. The number of nitrogens with zero attached hydrogens (tertiary/aromatic N) is 4. The minimum absolute atomic E-state index is 0.0537. The van der Waals surface area contributed by atoms with Gasteiger partial charge in [0.15, 0.2) is 0 Å². The smallest absolute Gasteiger partial charge is 0.287 e. The molecule has 0 radical (unpaired) electrons. The topological polar surface area (TPSA) is 83.1 Å². The third kappa shape index (κ3) is 3.09. The molecule has 20 heavy (non-hydrogen) atoms. The van der Waals surface area contributed by atoms with E-state index < -0.39 is 4.92 Å². The van der Waals surface area contributed by atoms with E-state index in [4.69, 9.17) is 5.26 Å². The molecular formula is C14H12N4O2. The zero-order chi connectivity index (χ0) is 14.4. The van der Waals surface area contributed by atoms with Gasteiger partial charge in [-0.1, -0.05) is 18.2 Å². The van der Waals surface area contributed by atoms with Crippen LogP contribution in [0, 0.1) is 21.4 Å². The van der Waals surface area contributed by atoms with E-state index in [1.807, 2.05) is 35.2 Å². The molecule has 0 aliphatic heterocycles. The summed E-state index contributed by atoms with van der Waals surface area (Å²) in [6.45, 7) is 0.478. The number of benzene rings is 1. The van der Waals surface area contributed by atoms with Gasteiger partial charge >= 0.3 is 0 Å². The lowest BCUT2D eigenvalue weighted by molar-refractivity contribution is -0.385. The van der Waals surface area contributed by atoms with E-state index in [0.717, 1.165) is 5.69 Å². The number of pyridine rings is 1. The van der Waals surface area contributed by atoms with Crippen molar-refractivity contribution in [1.29, 1.82) is 5.26 Å². The maximum absolute atomic E-state index is 10.6. The second kappa shape index (κ2) is 6.29. The van der Waals surface area contributed by atoms with Gasteiger partial charge in [-0.15, -0.1) is 0 Å². The van der Waals surface area contributed by atoms with E-state index >= 15 is 0 Å². The lowest BCUT2D eigenvalue weighted by atomic mass is 10.2. The van der Waals surface area contributed by atoms with Gasteiger partial charge in [-0.3, -0.25) is 10.1 Å². The average molecular weight is 268 g/mol. The summed E-state index contributed by atoms with van der Waals surface area (Å²) in [7, 11) is 0. The van der Waals surface area contributed by atoms with Crippen molar-refractivity contribution in [3.63, 3.8) is 0 Å².